The maximum absolute atomic E-state index is 9.34. The van der Waals surface area contributed by atoms with Crippen molar-refractivity contribution in [1.29, 1.82) is 0 Å². The predicted molar refractivity (Wildman–Crippen MR) is 149 cm³/mol. The Kier molecular flexibility index (Phi) is 62.4. The Morgan fingerprint density at radius 3 is 0.956 bits per heavy atom. The molecule has 262 valence electrons. The number of aliphatic hydroxyl groups is 6. The molecule has 0 radical (unpaired) electrons. The topological polar surface area (TPSA) is 209 Å². The first-order chi connectivity index (χ1) is 20.1. The smallest absolute Gasteiger partial charge is 0.237 e. The van der Waals surface area contributed by atoms with E-state index in [0.29, 0.717) is 6.61 Å². The number of hydrogen-bond acceptors (Lipinski definition) is 15. The van der Waals surface area contributed by atoms with Gasteiger partial charge in [-0.3, -0.25) is 0 Å². The van der Waals surface area contributed by atoms with Gasteiger partial charge in [0.15, 0.2) is 0 Å². The maximum Gasteiger partial charge on any atom is 0.237 e. The molecule has 0 heterocycles. The van der Waals surface area contributed by atoms with Gasteiger partial charge in [0.1, 0.15) is 12.7 Å². The summed E-state index contributed by atoms with van der Waals surface area (Å²) in [5.41, 5.74) is 0. The van der Waals surface area contributed by atoms with Crippen LogP contribution in [0.3, 0.4) is 0 Å². The van der Waals surface area contributed by atoms with Crippen molar-refractivity contribution < 1.29 is 73.3 Å². The van der Waals surface area contributed by atoms with Gasteiger partial charge in [-0.25, -0.2) is 49.2 Å². The average Bonchev–Trinajstić information content (AvgIpc) is 2.93. The zero-order valence-corrected chi connectivity index (χ0v) is 45.7. The Morgan fingerprint density at radius 2 is 0.689 bits per heavy atom. The second-order valence-corrected chi connectivity index (χ2v) is 7.79. The van der Waals surface area contributed by atoms with Crippen molar-refractivity contribution >= 4 is 0 Å². The van der Waals surface area contributed by atoms with E-state index >= 15 is 0 Å². The first-order valence-corrected chi connectivity index (χ1v) is 12.4. The fourth-order valence-electron chi connectivity index (χ4n) is 2.01. The van der Waals surface area contributed by atoms with Gasteiger partial charge in [-0.15, -0.1) is 0 Å². The first-order valence-electron chi connectivity index (χ1n) is 12.4. The van der Waals surface area contributed by atoms with Gasteiger partial charge in [-0.05, 0) is 0 Å². The number of ether oxygens (including phenoxy) is 9. The fourth-order valence-corrected chi connectivity index (χ4v) is 2.01. The van der Waals surface area contributed by atoms with E-state index in [4.69, 9.17) is 41.2 Å². The predicted octanol–water partition coefficient (Wildman–Crippen LogP) is -1.44. The normalized spacial score (nSPS) is 11.8. The summed E-state index contributed by atoms with van der Waals surface area (Å²) in [7, 11) is 18.5. The van der Waals surface area contributed by atoms with Crippen LogP contribution in [0.2, 0.25) is 0 Å². The van der Waals surface area contributed by atoms with Gasteiger partial charge in [0.25, 0.3) is 0 Å². The van der Waals surface area contributed by atoms with Crippen molar-refractivity contribution in [2.45, 2.75) is 30.5 Å². The van der Waals surface area contributed by atoms with Crippen LogP contribution in [-0.2, 0) is 42.6 Å². The molecule has 0 saturated carbocycles. The number of nitrogens with zero attached hydrogens (tertiary/aromatic N) is 1. The average molecular weight is 1420 g/mol. The van der Waals surface area contributed by atoms with Gasteiger partial charge in [0.2, 0.25) is 6.54 Å². The molecule has 45 heavy (non-hydrogen) atoms. The molecule has 0 aromatic carbocycles. The number of hydrogen-bond donors (Lipinski definition) is 6. The van der Waals surface area contributed by atoms with Gasteiger partial charge in [0, 0.05) is 39.6 Å². The van der Waals surface area contributed by atoms with E-state index in [2.05, 4.69) is 75.9 Å². The molecule has 19 heteroatoms. The first kappa shape index (κ1) is 56.7. The molecule has 0 saturated heterocycles. The molecule has 0 bridgehead atoms. The summed E-state index contributed by atoms with van der Waals surface area (Å²) in [5, 5.41) is 53.1. The third kappa shape index (κ3) is 60.0. The molecule has 0 aliphatic heterocycles. The Labute approximate surface area is 250 Å². The molecule has 0 fully saturated rings. The van der Waals surface area contributed by atoms with E-state index in [0.717, 1.165) is 0 Å². The van der Waals surface area contributed by atoms with Crippen molar-refractivity contribution in [3.8, 4) is 0 Å². The van der Waals surface area contributed by atoms with E-state index in [1.807, 2.05) is 0 Å². The molecule has 3 unspecified atom stereocenters. The van der Waals surface area contributed by atoms with Crippen LogP contribution < -0.4 is 0 Å². The second kappa shape index (κ2) is 49.6. The molecule has 16 nitrogen and oxygen atoms in total. The Bertz CT molecular complexity index is 506. The molecule has 0 amide bonds. The summed E-state index contributed by atoms with van der Waals surface area (Å²) >= 11 is 0. The summed E-state index contributed by atoms with van der Waals surface area (Å²) in [4.78, 5) is 3.10. The summed E-state index contributed by atoms with van der Waals surface area (Å²) in [6.07, 6.45) is -3.36. The van der Waals surface area contributed by atoms with Crippen LogP contribution in [0.25, 0.3) is 4.85 Å². The molecule has 0 spiro atoms. The van der Waals surface area contributed by atoms with E-state index < -0.39 is 30.5 Å². The van der Waals surface area contributed by atoms with E-state index in [1.165, 1.54) is 0 Å². The van der Waals surface area contributed by atoms with Crippen LogP contribution in [0.15, 0.2) is 0 Å². The molecule has 3 atom stereocenters. The van der Waals surface area contributed by atoms with Crippen molar-refractivity contribution in [1.82, 2.24) is 0 Å². The van der Waals surface area contributed by atoms with E-state index in [1.54, 1.807) is 0 Å². The van der Waals surface area contributed by atoms with Gasteiger partial charge in [-0.1, -0.05) is 0 Å². The Morgan fingerprint density at radius 1 is 0.444 bits per heavy atom. The number of rotatable bonds is 24. The monoisotopic (exact) mass is 1420 g/mol. The SMILES string of the molecule is [C-]#[N+]CCOCC(O)COCC(O)CO[CH2-].[CH2-]OCC(O)COCCO.[CH2-]OCC(O)CO[CH2-].[CH2-]OCC(O)CO[CH2-].[Rf].[Rf].[Rf]. The maximum atomic E-state index is 9.34. The molecule has 0 aromatic heterocycles. The minimum absolute atomic E-state index is 0. The van der Waals surface area contributed by atoms with Crippen molar-refractivity contribution in [3.63, 3.8) is 0 Å². The van der Waals surface area contributed by atoms with Crippen LogP contribution in [0, 0.1) is 49.2 Å². The van der Waals surface area contributed by atoms with Crippen molar-refractivity contribution in [2.75, 3.05) is 92.4 Å². The van der Waals surface area contributed by atoms with Gasteiger partial charge in [0.05, 0.1) is 64.1 Å². The van der Waals surface area contributed by atoms with E-state index in [9.17, 15) is 10.2 Å². The summed E-state index contributed by atoms with van der Waals surface area (Å²) < 4.78 is 41.1. The summed E-state index contributed by atoms with van der Waals surface area (Å²) in [5.74, 6) is 0. The molecule has 0 aliphatic carbocycles. The molecule has 0 aliphatic rings. The van der Waals surface area contributed by atoms with Crippen LogP contribution in [0.5, 0.6) is 0 Å². The molecule has 0 rings (SSSR count). The molecular formula is C26H51NO15Rf3-6. The quantitative estimate of drug-likeness (QED) is 0.0484. The Balaban J connectivity index is -0.0000000876. The third-order valence-electron chi connectivity index (χ3n) is 3.69. The van der Waals surface area contributed by atoms with Crippen LogP contribution in [-0.4, -0.2) is 154 Å². The third-order valence-corrected chi connectivity index (χ3v) is 3.69. The zero-order valence-electron chi connectivity index (χ0n) is 26.5. The summed E-state index contributed by atoms with van der Waals surface area (Å²) in [6, 6.07) is 0. The van der Waals surface area contributed by atoms with Crippen LogP contribution >= 0.6 is 0 Å². The Hall–Kier alpha value is -4.11. The number of aliphatic hydroxyl groups excluding tert-OH is 6. The largest absolute Gasteiger partial charge is 0.553 e. The fraction of sp³-hybridized carbons (Fsp3) is 0.731. The molecular weight excluding hydrogens is 1370 g/mol. The molecule has 0 aromatic rings. The van der Waals surface area contributed by atoms with Crippen molar-refractivity contribution in [2.24, 2.45) is 0 Å². The van der Waals surface area contributed by atoms with Crippen molar-refractivity contribution in [3.05, 3.63) is 54.1 Å². The minimum Gasteiger partial charge on any atom is -0.553 e. The van der Waals surface area contributed by atoms with Crippen LogP contribution in [0.4, 0.5) is 0 Å². The second-order valence-electron chi connectivity index (χ2n) is 7.79. The minimum atomic E-state index is -0.751. The zero-order chi connectivity index (χ0) is 32.9. The van der Waals surface area contributed by atoms with Gasteiger partial charge >= 0.3 is 0 Å². The van der Waals surface area contributed by atoms with E-state index in [-0.39, 0.29) is 85.8 Å². The van der Waals surface area contributed by atoms with Gasteiger partial charge < -0.3 is 78.1 Å². The summed E-state index contributed by atoms with van der Waals surface area (Å²) in [6.45, 7) is 8.77. The van der Waals surface area contributed by atoms with Gasteiger partial charge in [-0.2, -0.15) is 0 Å². The standard InChI is InChI=1S/C10H18NO5.C6H13O4.2C5H10O3.3Rf/c1-11-3-4-15-6-10(13)8-16-7-9(12)5-14-2;1-9-4-6(8)5-10-3-2-7;2*1-7-3-5(6)4-8-2;;;/h9-10,12-13H,2-8H2;6-8H,1-5H2;2*5-6H,1-4H2;;;/q2*-1;2*-2;;;. The van der Waals surface area contributed by atoms with Crippen LogP contribution in [0.1, 0.15) is 0 Å². The molecule has 6 N–H and O–H groups in total.